The SMILES string of the molecule is CN=C(NCCN1CCc2sccc2C1)N1CCC(COC)C1. The van der Waals surface area contributed by atoms with Gasteiger partial charge in [0.25, 0.3) is 0 Å². The smallest absolute Gasteiger partial charge is 0.193 e. The van der Waals surface area contributed by atoms with E-state index in [0.717, 1.165) is 45.3 Å². The fourth-order valence-corrected chi connectivity index (χ4v) is 4.44. The number of methoxy groups -OCH3 is 1. The Hall–Kier alpha value is -1.11. The summed E-state index contributed by atoms with van der Waals surface area (Å²) < 4.78 is 5.28. The van der Waals surface area contributed by atoms with E-state index in [-0.39, 0.29) is 0 Å². The number of hydrogen-bond acceptors (Lipinski definition) is 4. The molecule has 1 aromatic rings. The zero-order valence-electron chi connectivity index (χ0n) is 14.3. The number of hydrogen-bond donors (Lipinski definition) is 1. The lowest BCUT2D eigenvalue weighted by atomic mass is 10.1. The first-order valence-corrected chi connectivity index (χ1v) is 9.40. The van der Waals surface area contributed by atoms with Gasteiger partial charge in [0.2, 0.25) is 0 Å². The Kier molecular flexibility index (Phi) is 5.91. The predicted octanol–water partition coefficient (Wildman–Crippen LogP) is 1.65. The van der Waals surface area contributed by atoms with Crippen molar-refractivity contribution < 1.29 is 4.74 Å². The Labute approximate surface area is 143 Å². The van der Waals surface area contributed by atoms with Crippen molar-refractivity contribution in [2.45, 2.75) is 19.4 Å². The van der Waals surface area contributed by atoms with Crippen LogP contribution in [0.15, 0.2) is 16.4 Å². The molecule has 2 aliphatic heterocycles. The summed E-state index contributed by atoms with van der Waals surface area (Å²) in [5.74, 6) is 1.68. The first kappa shape index (κ1) is 16.7. The third kappa shape index (κ3) is 4.25. The zero-order valence-corrected chi connectivity index (χ0v) is 15.1. The average Bonchev–Trinajstić information content (AvgIpc) is 3.20. The van der Waals surface area contributed by atoms with Gasteiger partial charge in [0, 0.05) is 64.2 Å². The van der Waals surface area contributed by atoms with Crippen molar-refractivity contribution in [3.63, 3.8) is 0 Å². The van der Waals surface area contributed by atoms with Gasteiger partial charge in [-0.25, -0.2) is 0 Å². The van der Waals surface area contributed by atoms with Gasteiger partial charge in [-0.2, -0.15) is 0 Å². The van der Waals surface area contributed by atoms with Crippen LogP contribution >= 0.6 is 11.3 Å². The minimum Gasteiger partial charge on any atom is -0.384 e. The molecule has 1 aromatic heterocycles. The molecule has 1 saturated heterocycles. The fraction of sp³-hybridized carbons (Fsp3) is 0.706. The number of thiophene rings is 1. The van der Waals surface area contributed by atoms with E-state index < -0.39 is 0 Å². The summed E-state index contributed by atoms with van der Waals surface area (Å²) in [6.45, 7) is 7.28. The van der Waals surface area contributed by atoms with E-state index in [2.05, 4.69) is 31.6 Å². The summed E-state index contributed by atoms with van der Waals surface area (Å²) in [6.07, 6.45) is 2.40. The van der Waals surface area contributed by atoms with Crippen LogP contribution in [0.5, 0.6) is 0 Å². The molecule has 0 aliphatic carbocycles. The lowest BCUT2D eigenvalue weighted by molar-refractivity contribution is 0.157. The van der Waals surface area contributed by atoms with Crippen LogP contribution in [0, 0.1) is 5.92 Å². The van der Waals surface area contributed by atoms with E-state index >= 15 is 0 Å². The maximum absolute atomic E-state index is 5.28. The quantitative estimate of drug-likeness (QED) is 0.656. The van der Waals surface area contributed by atoms with E-state index in [1.54, 1.807) is 12.0 Å². The lowest BCUT2D eigenvalue weighted by Crippen LogP contribution is -2.44. The highest BCUT2D eigenvalue weighted by Crippen LogP contribution is 2.23. The third-order valence-corrected chi connectivity index (χ3v) is 5.82. The molecule has 2 aliphatic rings. The van der Waals surface area contributed by atoms with Gasteiger partial charge >= 0.3 is 0 Å². The molecule has 1 unspecified atom stereocenters. The second-order valence-electron chi connectivity index (χ2n) is 6.43. The predicted molar refractivity (Wildman–Crippen MR) is 96.2 cm³/mol. The highest BCUT2D eigenvalue weighted by molar-refractivity contribution is 7.10. The second-order valence-corrected chi connectivity index (χ2v) is 7.43. The van der Waals surface area contributed by atoms with Gasteiger partial charge in [-0.1, -0.05) is 0 Å². The van der Waals surface area contributed by atoms with Crippen LogP contribution in [0.1, 0.15) is 16.9 Å². The number of aliphatic imine (C=N–C) groups is 1. The van der Waals surface area contributed by atoms with Crippen molar-refractivity contribution in [1.29, 1.82) is 0 Å². The highest BCUT2D eigenvalue weighted by Gasteiger charge is 2.24. The van der Waals surface area contributed by atoms with Gasteiger partial charge in [0.1, 0.15) is 0 Å². The molecule has 6 heteroatoms. The summed E-state index contributed by atoms with van der Waals surface area (Å²) in [5, 5.41) is 5.76. The molecule has 1 N–H and O–H groups in total. The van der Waals surface area contributed by atoms with Gasteiger partial charge < -0.3 is 15.0 Å². The normalized spacial score (nSPS) is 22.4. The number of nitrogens with one attached hydrogen (secondary N) is 1. The summed E-state index contributed by atoms with van der Waals surface area (Å²) in [7, 11) is 3.66. The molecule has 0 radical (unpaired) electrons. The second kappa shape index (κ2) is 8.13. The Balaban J connectivity index is 1.41. The number of guanidine groups is 1. The van der Waals surface area contributed by atoms with Crippen LogP contribution in [0.25, 0.3) is 0 Å². The molecule has 0 spiro atoms. The van der Waals surface area contributed by atoms with E-state index in [0.29, 0.717) is 5.92 Å². The Morgan fingerprint density at radius 3 is 3.22 bits per heavy atom. The summed E-state index contributed by atoms with van der Waals surface area (Å²) in [6, 6.07) is 2.28. The van der Waals surface area contributed by atoms with Crippen molar-refractivity contribution >= 4 is 17.3 Å². The first-order chi connectivity index (χ1) is 11.3. The molecule has 1 fully saturated rings. The van der Waals surface area contributed by atoms with Gasteiger partial charge in [0.05, 0.1) is 6.61 Å². The molecule has 3 rings (SSSR count). The highest BCUT2D eigenvalue weighted by atomic mass is 32.1. The number of fused-ring (bicyclic) bond motifs is 1. The van der Waals surface area contributed by atoms with Gasteiger partial charge in [-0.05, 0) is 29.9 Å². The topological polar surface area (TPSA) is 40.1 Å². The number of nitrogens with zero attached hydrogens (tertiary/aromatic N) is 3. The van der Waals surface area contributed by atoms with Crippen LogP contribution < -0.4 is 5.32 Å². The van der Waals surface area contributed by atoms with Crippen LogP contribution in [-0.4, -0.2) is 69.2 Å². The summed E-state index contributed by atoms with van der Waals surface area (Å²) in [5.41, 5.74) is 1.52. The van der Waals surface area contributed by atoms with E-state index in [9.17, 15) is 0 Å². The third-order valence-electron chi connectivity index (χ3n) is 4.80. The maximum Gasteiger partial charge on any atom is 0.193 e. The number of ether oxygens (including phenoxy) is 1. The van der Waals surface area contributed by atoms with Gasteiger partial charge in [-0.15, -0.1) is 11.3 Å². The van der Waals surface area contributed by atoms with Crippen molar-refractivity contribution in [3.05, 3.63) is 21.9 Å². The molecule has 0 saturated carbocycles. The van der Waals surface area contributed by atoms with E-state index in [1.807, 2.05) is 18.4 Å². The van der Waals surface area contributed by atoms with Gasteiger partial charge in [0.15, 0.2) is 5.96 Å². The van der Waals surface area contributed by atoms with Crippen LogP contribution in [0.4, 0.5) is 0 Å². The maximum atomic E-state index is 5.28. The van der Waals surface area contributed by atoms with Crippen molar-refractivity contribution in [3.8, 4) is 0 Å². The summed E-state index contributed by atoms with van der Waals surface area (Å²) >= 11 is 1.90. The van der Waals surface area contributed by atoms with E-state index in [4.69, 9.17) is 4.74 Å². The molecule has 0 amide bonds. The molecule has 0 bridgehead atoms. The van der Waals surface area contributed by atoms with Gasteiger partial charge in [-0.3, -0.25) is 9.89 Å². The molecule has 23 heavy (non-hydrogen) atoms. The lowest BCUT2D eigenvalue weighted by Gasteiger charge is -2.28. The zero-order chi connectivity index (χ0) is 16.1. The number of rotatable bonds is 5. The van der Waals surface area contributed by atoms with E-state index in [1.165, 1.54) is 24.9 Å². The minimum absolute atomic E-state index is 0.637. The monoisotopic (exact) mass is 336 g/mol. The fourth-order valence-electron chi connectivity index (χ4n) is 3.55. The minimum atomic E-state index is 0.637. The molecule has 1 atom stereocenters. The first-order valence-electron chi connectivity index (χ1n) is 8.52. The van der Waals surface area contributed by atoms with Crippen LogP contribution in [-0.2, 0) is 17.7 Å². The molecule has 5 nitrogen and oxygen atoms in total. The van der Waals surface area contributed by atoms with Crippen molar-refractivity contribution in [2.24, 2.45) is 10.9 Å². The molecule has 3 heterocycles. The molecule has 128 valence electrons. The average molecular weight is 337 g/mol. The van der Waals surface area contributed by atoms with Crippen LogP contribution in [0.3, 0.4) is 0 Å². The van der Waals surface area contributed by atoms with Crippen molar-refractivity contribution in [2.75, 3.05) is 53.5 Å². The molecule has 0 aromatic carbocycles. The Morgan fingerprint density at radius 1 is 1.48 bits per heavy atom. The number of likely N-dealkylation sites (tertiary alicyclic amines) is 1. The Bertz CT molecular complexity index is 530. The standard InChI is InChI=1S/C17H28N4OS/c1-18-17(21-8-3-14(11-21)13-22-2)19-6-9-20-7-4-16-15(12-20)5-10-23-16/h5,10,14H,3-4,6-9,11-13H2,1-2H3,(H,18,19). The molecular weight excluding hydrogens is 308 g/mol. The summed E-state index contributed by atoms with van der Waals surface area (Å²) in [4.78, 5) is 10.9. The van der Waals surface area contributed by atoms with Crippen molar-refractivity contribution in [1.82, 2.24) is 15.1 Å². The molecular formula is C17H28N4OS. The largest absolute Gasteiger partial charge is 0.384 e. The Morgan fingerprint density at radius 2 is 2.39 bits per heavy atom. The van der Waals surface area contributed by atoms with Crippen LogP contribution in [0.2, 0.25) is 0 Å².